The normalized spacial score (nSPS) is 11.5. The summed E-state index contributed by atoms with van der Waals surface area (Å²) in [5.41, 5.74) is 0.687. The lowest BCUT2D eigenvalue weighted by Crippen LogP contribution is -2.41. The largest absolute Gasteiger partial charge is 0.481 e. The summed E-state index contributed by atoms with van der Waals surface area (Å²) in [6.45, 7) is 1.58. The Hall–Kier alpha value is -2.53. The molecule has 0 fully saturated rings. The lowest BCUT2D eigenvalue weighted by Gasteiger charge is -2.21. The van der Waals surface area contributed by atoms with Crippen LogP contribution in [0.5, 0.6) is 5.75 Å². The summed E-state index contributed by atoms with van der Waals surface area (Å²) in [4.78, 5) is 25.6. The number of likely N-dealkylation sites (N-methyl/N-ethyl adjacent to an activating group) is 1. The molecular weight excluding hydrogens is 328 g/mol. The fourth-order valence-corrected chi connectivity index (χ4v) is 2.30. The molecule has 2 rings (SSSR count). The third-order valence-electron chi connectivity index (χ3n) is 3.27. The Morgan fingerprint density at radius 3 is 2.54 bits per heavy atom. The Labute approximate surface area is 146 Å². The zero-order valence-corrected chi connectivity index (χ0v) is 14.3. The molecule has 126 valence electrons. The van der Waals surface area contributed by atoms with Gasteiger partial charge in [-0.15, -0.1) is 0 Å². The van der Waals surface area contributed by atoms with E-state index in [0.29, 0.717) is 16.5 Å². The molecule has 0 radical (unpaired) electrons. The van der Waals surface area contributed by atoms with E-state index < -0.39 is 6.10 Å². The first-order chi connectivity index (χ1) is 11.5. The third-order valence-corrected chi connectivity index (χ3v) is 3.51. The number of carbonyl (C=O) groups is 2. The highest BCUT2D eigenvalue weighted by atomic mass is 35.5. The van der Waals surface area contributed by atoms with Gasteiger partial charge in [0.25, 0.3) is 5.91 Å². The Morgan fingerprint density at radius 2 is 1.88 bits per heavy atom. The quantitative estimate of drug-likeness (QED) is 0.873. The van der Waals surface area contributed by atoms with Crippen LogP contribution in [0.4, 0.5) is 5.69 Å². The molecule has 0 aromatic heterocycles. The summed E-state index contributed by atoms with van der Waals surface area (Å²) in [6, 6.07) is 15.9. The van der Waals surface area contributed by atoms with Crippen LogP contribution in [0.25, 0.3) is 0 Å². The molecule has 6 heteroatoms. The van der Waals surface area contributed by atoms with Crippen molar-refractivity contribution in [2.24, 2.45) is 0 Å². The van der Waals surface area contributed by atoms with E-state index in [1.807, 2.05) is 18.2 Å². The van der Waals surface area contributed by atoms with Crippen LogP contribution in [-0.2, 0) is 9.59 Å². The van der Waals surface area contributed by atoms with Gasteiger partial charge >= 0.3 is 0 Å². The fourth-order valence-electron chi connectivity index (χ4n) is 2.12. The molecule has 1 atom stereocenters. The van der Waals surface area contributed by atoms with E-state index in [1.54, 1.807) is 50.4 Å². The summed E-state index contributed by atoms with van der Waals surface area (Å²) in [6.07, 6.45) is -0.724. The van der Waals surface area contributed by atoms with E-state index >= 15 is 0 Å². The van der Waals surface area contributed by atoms with Crippen molar-refractivity contribution in [2.75, 3.05) is 18.9 Å². The molecular formula is C18H19ClN2O3. The average molecular weight is 347 g/mol. The third kappa shape index (κ3) is 5.28. The highest BCUT2D eigenvalue weighted by Gasteiger charge is 2.21. The summed E-state index contributed by atoms with van der Waals surface area (Å²) >= 11 is 5.89. The molecule has 0 bridgehead atoms. The van der Waals surface area contributed by atoms with Crippen LogP contribution in [-0.4, -0.2) is 36.4 Å². The molecule has 0 saturated carbocycles. The second kappa shape index (κ2) is 8.36. The number of anilines is 1. The summed E-state index contributed by atoms with van der Waals surface area (Å²) in [7, 11) is 1.56. The van der Waals surface area contributed by atoms with Gasteiger partial charge in [0.1, 0.15) is 5.75 Å². The van der Waals surface area contributed by atoms with Gasteiger partial charge in [-0.2, -0.15) is 0 Å². The molecule has 2 amide bonds. The molecule has 0 spiro atoms. The van der Waals surface area contributed by atoms with Gasteiger partial charge in [0.15, 0.2) is 6.10 Å². The number of nitrogens with one attached hydrogen (secondary N) is 1. The number of hydrogen-bond donors (Lipinski definition) is 1. The Morgan fingerprint density at radius 1 is 1.17 bits per heavy atom. The number of rotatable bonds is 6. The Balaban J connectivity index is 1.87. The number of carbonyl (C=O) groups excluding carboxylic acids is 2. The van der Waals surface area contributed by atoms with Crippen molar-refractivity contribution in [3.63, 3.8) is 0 Å². The van der Waals surface area contributed by atoms with Gasteiger partial charge < -0.3 is 15.0 Å². The van der Waals surface area contributed by atoms with Gasteiger partial charge in [-0.25, -0.2) is 0 Å². The number of amides is 2. The lowest BCUT2D eigenvalue weighted by atomic mass is 10.3. The molecule has 1 unspecified atom stereocenters. The lowest BCUT2D eigenvalue weighted by molar-refractivity contribution is -0.139. The summed E-state index contributed by atoms with van der Waals surface area (Å²) in [5.74, 6) is -0.0596. The molecule has 2 aromatic rings. The maximum Gasteiger partial charge on any atom is 0.263 e. The number of benzene rings is 2. The van der Waals surface area contributed by atoms with Crippen LogP contribution in [0.15, 0.2) is 54.6 Å². The van der Waals surface area contributed by atoms with Crippen LogP contribution in [0.1, 0.15) is 6.92 Å². The number of hydrogen-bond acceptors (Lipinski definition) is 3. The maximum absolute atomic E-state index is 12.3. The first-order valence-corrected chi connectivity index (χ1v) is 7.85. The minimum absolute atomic E-state index is 0.0586. The van der Waals surface area contributed by atoms with Gasteiger partial charge in [0.05, 0.1) is 6.54 Å². The number of halogens is 1. The van der Waals surface area contributed by atoms with Gasteiger partial charge in [0.2, 0.25) is 5.91 Å². The van der Waals surface area contributed by atoms with E-state index in [1.165, 1.54) is 4.90 Å². The van der Waals surface area contributed by atoms with E-state index in [2.05, 4.69) is 5.32 Å². The molecule has 0 aliphatic carbocycles. The standard InChI is InChI=1S/C18H19ClN2O3/c1-13(24-16-10-6-7-14(19)11-16)18(23)21(2)12-17(22)20-15-8-4-3-5-9-15/h3-11,13H,12H2,1-2H3,(H,20,22). The van der Waals surface area contributed by atoms with E-state index in [9.17, 15) is 9.59 Å². The van der Waals surface area contributed by atoms with Crippen molar-refractivity contribution in [1.29, 1.82) is 0 Å². The smallest absolute Gasteiger partial charge is 0.263 e. The van der Waals surface area contributed by atoms with Gasteiger partial charge in [-0.3, -0.25) is 9.59 Å². The minimum Gasteiger partial charge on any atom is -0.481 e. The van der Waals surface area contributed by atoms with Crippen LogP contribution < -0.4 is 10.1 Å². The van der Waals surface area contributed by atoms with Crippen molar-refractivity contribution < 1.29 is 14.3 Å². The zero-order valence-electron chi connectivity index (χ0n) is 13.5. The molecule has 24 heavy (non-hydrogen) atoms. The van der Waals surface area contributed by atoms with Crippen LogP contribution in [0, 0.1) is 0 Å². The second-order valence-corrected chi connectivity index (χ2v) is 5.76. The van der Waals surface area contributed by atoms with E-state index in [0.717, 1.165) is 0 Å². The number of ether oxygens (including phenoxy) is 1. The zero-order chi connectivity index (χ0) is 17.5. The van der Waals surface area contributed by atoms with Crippen molar-refractivity contribution >= 4 is 29.1 Å². The number of nitrogens with zero attached hydrogens (tertiary/aromatic N) is 1. The highest BCUT2D eigenvalue weighted by molar-refractivity contribution is 6.30. The molecule has 0 saturated heterocycles. The SMILES string of the molecule is CC(Oc1cccc(Cl)c1)C(=O)N(C)CC(=O)Nc1ccccc1. The van der Waals surface area contributed by atoms with Gasteiger partial charge in [0, 0.05) is 17.8 Å². The monoisotopic (exact) mass is 346 g/mol. The predicted octanol–water partition coefficient (Wildman–Crippen LogP) is 3.20. The van der Waals surface area contributed by atoms with Crippen LogP contribution >= 0.6 is 11.6 Å². The van der Waals surface area contributed by atoms with Crippen LogP contribution in [0.3, 0.4) is 0 Å². The first-order valence-electron chi connectivity index (χ1n) is 7.48. The fraction of sp³-hybridized carbons (Fsp3) is 0.222. The molecule has 1 N–H and O–H groups in total. The summed E-state index contributed by atoms with van der Waals surface area (Å²) in [5, 5.41) is 3.26. The second-order valence-electron chi connectivity index (χ2n) is 5.33. The predicted molar refractivity (Wildman–Crippen MR) is 94.3 cm³/mol. The average Bonchev–Trinajstić information content (AvgIpc) is 2.54. The van der Waals surface area contributed by atoms with E-state index in [4.69, 9.17) is 16.3 Å². The molecule has 5 nitrogen and oxygen atoms in total. The van der Waals surface area contributed by atoms with Crippen molar-refractivity contribution in [3.8, 4) is 5.75 Å². The number of para-hydroxylation sites is 1. The van der Waals surface area contributed by atoms with E-state index in [-0.39, 0.29) is 18.4 Å². The molecule has 2 aromatic carbocycles. The molecule has 0 aliphatic rings. The molecule has 0 heterocycles. The van der Waals surface area contributed by atoms with Crippen molar-refractivity contribution in [2.45, 2.75) is 13.0 Å². The topological polar surface area (TPSA) is 58.6 Å². The Kier molecular flexibility index (Phi) is 6.21. The first kappa shape index (κ1) is 17.8. The van der Waals surface area contributed by atoms with Gasteiger partial charge in [-0.1, -0.05) is 35.9 Å². The minimum atomic E-state index is -0.724. The van der Waals surface area contributed by atoms with Crippen molar-refractivity contribution in [1.82, 2.24) is 4.90 Å². The summed E-state index contributed by atoms with van der Waals surface area (Å²) < 4.78 is 5.57. The Bertz CT molecular complexity index is 706. The van der Waals surface area contributed by atoms with Crippen LogP contribution in [0.2, 0.25) is 5.02 Å². The van der Waals surface area contributed by atoms with Gasteiger partial charge in [-0.05, 0) is 37.3 Å². The highest BCUT2D eigenvalue weighted by Crippen LogP contribution is 2.18. The van der Waals surface area contributed by atoms with Crippen molar-refractivity contribution in [3.05, 3.63) is 59.6 Å². The maximum atomic E-state index is 12.3. The molecule has 0 aliphatic heterocycles.